The van der Waals surface area contributed by atoms with Crippen molar-refractivity contribution in [1.29, 1.82) is 0 Å². The maximum Gasteiger partial charge on any atom is 0.195 e. The van der Waals surface area contributed by atoms with E-state index >= 15 is 0 Å². The van der Waals surface area contributed by atoms with E-state index in [4.69, 9.17) is 9.15 Å². The van der Waals surface area contributed by atoms with Crippen molar-refractivity contribution < 1.29 is 13.9 Å². The number of hydrogen-bond donors (Lipinski definition) is 0. The highest BCUT2D eigenvalue weighted by molar-refractivity contribution is 5.99. The SMILES string of the molecule is COc1ccc2oc(C(C)=O)c(C3CC3)c2c1. The van der Waals surface area contributed by atoms with Crippen LogP contribution in [0.3, 0.4) is 0 Å². The Morgan fingerprint density at radius 1 is 1.41 bits per heavy atom. The Morgan fingerprint density at radius 2 is 2.18 bits per heavy atom. The lowest BCUT2D eigenvalue weighted by Gasteiger charge is -2.00. The van der Waals surface area contributed by atoms with Crippen molar-refractivity contribution >= 4 is 16.8 Å². The summed E-state index contributed by atoms with van der Waals surface area (Å²) in [6.45, 7) is 1.56. The summed E-state index contributed by atoms with van der Waals surface area (Å²) in [5.41, 5.74) is 1.85. The van der Waals surface area contributed by atoms with Gasteiger partial charge in [0, 0.05) is 17.9 Å². The molecule has 0 radical (unpaired) electrons. The molecular weight excluding hydrogens is 216 g/mol. The Morgan fingerprint density at radius 3 is 2.76 bits per heavy atom. The van der Waals surface area contributed by atoms with Crippen LogP contribution < -0.4 is 4.74 Å². The van der Waals surface area contributed by atoms with Gasteiger partial charge in [0.05, 0.1) is 7.11 Å². The van der Waals surface area contributed by atoms with Gasteiger partial charge in [0.2, 0.25) is 0 Å². The van der Waals surface area contributed by atoms with E-state index in [9.17, 15) is 4.79 Å². The maximum absolute atomic E-state index is 11.6. The van der Waals surface area contributed by atoms with Crippen LogP contribution in [0.25, 0.3) is 11.0 Å². The fraction of sp³-hybridized carbons (Fsp3) is 0.357. The van der Waals surface area contributed by atoms with Crippen molar-refractivity contribution in [2.45, 2.75) is 25.7 Å². The molecule has 3 heteroatoms. The highest BCUT2D eigenvalue weighted by Gasteiger charge is 2.32. The van der Waals surface area contributed by atoms with E-state index in [0.717, 1.165) is 35.1 Å². The monoisotopic (exact) mass is 230 g/mol. The van der Waals surface area contributed by atoms with E-state index in [-0.39, 0.29) is 5.78 Å². The molecule has 1 saturated carbocycles. The van der Waals surface area contributed by atoms with Gasteiger partial charge in [-0.05, 0) is 37.0 Å². The molecule has 0 N–H and O–H groups in total. The maximum atomic E-state index is 11.6. The van der Waals surface area contributed by atoms with Gasteiger partial charge in [-0.3, -0.25) is 4.79 Å². The lowest BCUT2D eigenvalue weighted by molar-refractivity contribution is 0.0988. The van der Waals surface area contributed by atoms with E-state index in [1.807, 2.05) is 18.2 Å². The predicted molar refractivity (Wildman–Crippen MR) is 64.7 cm³/mol. The standard InChI is InChI=1S/C14H14O3/c1-8(15)14-13(9-3-4-9)11-7-10(16-2)5-6-12(11)17-14/h5-7,9H,3-4H2,1-2H3. The summed E-state index contributed by atoms with van der Waals surface area (Å²) in [5, 5.41) is 1.03. The molecule has 2 aromatic rings. The fourth-order valence-corrected chi connectivity index (χ4v) is 2.26. The molecule has 3 rings (SSSR count). The number of ketones is 1. The van der Waals surface area contributed by atoms with Crippen LogP contribution in [0.15, 0.2) is 22.6 Å². The quantitative estimate of drug-likeness (QED) is 0.757. The normalized spacial score (nSPS) is 15.2. The lowest BCUT2D eigenvalue weighted by atomic mass is 10.0. The highest BCUT2D eigenvalue weighted by Crippen LogP contribution is 2.46. The summed E-state index contributed by atoms with van der Waals surface area (Å²) in [5.74, 6) is 1.82. The molecule has 0 saturated heterocycles. The first-order valence-electron chi connectivity index (χ1n) is 5.82. The van der Waals surface area contributed by atoms with Crippen LogP contribution in [0.1, 0.15) is 41.8 Å². The van der Waals surface area contributed by atoms with Gasteiger partial charge >= 0.3 is 0 Å². The molecule has 1 aliphatic rings. The number of Topliss-reactive ketones (excluding diaryl/α,β-unsaturated/α-hetero) is 1. The topological polar surface area (TPSA) is 39.4 Å². The van der Waals surface area contributed by atoms with Crippen LogP contribution in [0.2, 0.25) is 0 Å². The second kappa shape index (κ2) is 3.62. The largest absolute Gasteiger partial charge is 0.497 e. The van der Waals surface area contributed by atoms with E-state index in [1.165, 1.54) is 0 Å². The zero-order valence-corrected chi connectivity index (χ0v) is 9.95. The summed E-state index contributed by atoms with van der Waals surface area (Å²) >= 11 is 0. The molecule has 1 aliphatic carbocycles. The molecule has 1 heterocycles. The van der Waals surface area contributed by atoms with Crippen molar-refractivity contribution in [1.82, 2.24) is 0 Å². The summed E-state index contributed by atoms with van der Waals surface area (Å²) in [6, 6.07) is 5.68. The van der Waals surface area contributed by atoms with Crippen LogP contribution in [0, 0.1) is 0 Å². The molecule has 1 aromatic carbocycles. The molecule has 3 nitrogen and oxygen atoms in total. The van der Waals surface area contributed by atoms with Gasteiger partial charge in [-0.1, -0.05) is 0 Å². The number of carbonyl (C=O) groups excluding carboxylic acids is 1. The molecule has 0 aliphatic heterocycles. The van der Waals surface area contributed by atoms with Gasteiger partial charge in [-0.25, -0.2) is 0 Å². The van der Waals surface area contributed by atoms with Crippen LogP contribution >= 0.6 is 0 Å². The zero-order valence-electron chi connectivity index (χ0n) is 9.95. The van der Waals surface area contributed by atoms with E-state index in [2.05, 4.69) is 0 Å². The van der Waals surface area contributed by atoms with E-state index in [0.29, 0.717) is 11.7 Å². The number of benzene rings is 1. The third-order valence-electron chi connectivity index (χ3n) is 3.24. The summed E-state index contributed by atoms with van der Waals surface area (Å²) < 4.78 is 10.9. The van der Waals surface area contributed by atoms with Gasteiger partial charge in [-0.15, -0.1) is 0 Å². The smallest absolute Gasteiger partial charge is 0.195 e. The molecule has 0 spiro atoms. The average molecular weight is 230 g/mol. The van der Waals surface area contributed by atoms with Gasteiger partial charge < -0.3 is 9.15 Å². The predicted octanol–water partition coefficient (Wildman–Crippen LogP) is 3.52. The van der Waals surface area contributed by atoms with Crippen LogP contribution in [-0.4, -0.2) is 12.9 Å². The number of ether oxygens (including phenoxy) is 1. The summed E-state index contributed by atoms with van der Waals surface area (Å²) in [6.07, 6.45) is 2.29. The number of furan rings is 1. The Labute approximate surface area is 99.4 Å². The fourth-order valence-electron chi connectivity index (χ4n) is 2.26. The van der Waals surface area contributed by atoms with Crippen molar-refractivity contribution in [3.05, 3.63) is 29.5 Å². The Hall–Kier alpha value is -1.77. The first-order valence-corrected chi connectivity index (χ1v) is 5.82. The van der Waals surface area contributed by atoms with Crippen molar-refractivity contribution in [2.24, 2.45) is 0 Å². The average Bonchev–Trinajstić information content (AvgIpc) is 3.08. The molecular formula is C14H14O3. The van der Waals surface area contributed by atoms with Crippen LogP contribution in [0.5, 0.6) is 5.75 Å². The molecule has 1 aromatic heterocycles. The van der Waals surface area contributed by atoms with Crippen molar-refractivity contribution in [3.8, 4) is 5.75 Å². The summed E-state index contributed by atoms with van der Waals surface area (Å²) in [4.78, 5) is 11.6. The Balaban J connectivity index is 2.28. The zero-order chi connectivity index (χ0) is 12.0. The summed E-state index contributed by atoms with van der Waals surface area (Å²) in [7, 11) is 1.64. The molecule has 17 heavy (non-hydrogen) atoms. The minimum atomic E-state index is 0.00191. The number of fused-ring (bicyclic) bond motifs is 1. The number of carbonyl (C=O) groups is 1. The second-order valence-corrected chi connectivity index (χ2v) is 4.54. The highest BCUT2D eigenvalue weighted by atomic mass is 16.5. The van der Waals surface area contributed by atoms with Gasteiger partial charge in [-0.2, -0.15) is 0 Å². The van der Waals surface area contributed by atoms with Gasteiger partial charge in [0.15, 0.2) is 11.5 Å². The second-order valence-electron chi connectivity index (χ2n) is 4.54. The minimum Gasteiger partial charge on any atom is -0.497 e. The third kappa shape index (κ3) is 1.62. The Kier molecular flexibility index (Phi) is 2.21. The molecule has 0 atom stereocenters. The first kappa shape index (κ1) is 10.4. The third-order valence-corrected chi connectivity index (χ3v) is 3.24. The molecule has 0 amide bonds. The Bertz CT molecular complexity index is 591. The minimum absolute atomic E-state index is 0.00191. The van der Waals surface area contributed by atoms with Crippen LogP contribution in [0.4, 0.5) is 0 Å². The van der Waals surface area contributed by atoms with E-state index < -0.39 is 0 Å². The van der Waals surface area contributed by atoms with Gasteiger partial charge in [0.1, 0.15) is 11.3 Å². The molecule has 88 valence electrons. The van der Waals surface area contributed by atoms with E-state index in [1.54, 1.807) is 14.0 Å². The van der Waals surface area contributed by atoms with Crippen molar-refractivity contribution in [3.63, 3.8) is 0 Å². The number of hydrogen-bond acceptors (Lipinski definition) is 3. The molecule has 0 unspecified atom stereocenters. The lowest BCUT2D eigenvalue weighted by Crippen LogP contribution is -1.93. The number of methoxy groups -OCH3 is 1. The first-order chi connectivity index (χ1) is 8.20. The number of rotatable bonds is 3. The van der Waals surface area contributed by atoms with Gasteiger partial charge in [0.25, 0.3) is 0 Å². The molecule has 0 bridgehead atoms. The van der Waals surface area contributed by atoms with Crippen molar-refractivity contribution in [2.75, 3.05) is 7.11 Å². The van der Waals surface area contributed by atoms with Crippen LogP contribution in [-0.2, 0) is 0 Å². The molecule has 1 fully saturated rings.